The van der Waals surface area contributed by atoms with E-state index in [9.17, 15) is 0 Å². The van der Waals surface area contributed by atoms with E-state index in [0.29, 0.717) is 0 Å². The minimum atomic E-state index is 0.0454. The molecule has 0 atom stereocenters. The topological polar surface area (TPSA) is 0 Å². The molecule has 0 bridgehead atoms. The van der Waals surface area contributed by atoms with Gasteiger partial charge in [-0.05, 0) is 0 Å². The van der Waals surface area contributed by atoms with E-state index >= 15 is 0 Å². The van der Waals surface area contributed by atoms with E-state index in [0.717, 1.165) is 25.8 Å². The van der Waals surface area contributed by atoms with Crippen molar-refractivity contribution >= 4 is 25.8 Å². The van der Waals surface area contributed by atoms with Crippen LogP contribution in [0.5, 0.6) is 0 Å². The fourth-order valence-corrected chi connectivity index (χ4v) is 4.85. The molecule has 0 aliphatic carbocycles. The molecule has 3 rings (SSSR count). The van der Waals surface area contributed by atoms with Gasteiger partial charge in [0.2, 0.25) is 0 Å². The molecule has 0 aliphatic heterocycles. The monoisotopic (exact) mass is 452 g/mol. The molecule has 0 saturated carbocycles. The van der Waals surface area contributed by atoms with Crippen molar-refractivity contribution in [3.8, 4) is 0 Å². The average molecular weight is 452 g/mol. The van der Waals surface area contributed by atoms with Crippen LogP contribution in [0.3, 0.4) is 0 Å². The Morgan fingerprint density at radius 2 is 0.700 bits per heavy atom. The van der Waals surface area contributed by atoms with Crippen LogP contribution in [-0.4, -0.2) is 25.8 Å². The molecule has 3 aromatic carbocycles. The van der Waals surface area contributed by atoms with Crippen molar-refractivity contribution in [2.24, 2.45) is 0 Å². The molecule has 1 heteroatoms. The van der Waals surface area contributed by atoms with Gasteiger partial charge in [-0.25, -0.2) is 0 Å². The molecule has 96 valence electrons. The van der Waals surface area contributed by atoms with Crippen molar-refractivity contribution in [2.45, 2.75) is 2.97 Å². The van der Waals surface area contributed by atoms with Crippen LogP contribution in [0.15, 0.2) is 91.0 Å². The summed E-state index contributed by atoms with van der Waals surface area (Å²) in [6, 6.07) is 32.6. The van der Waals surface area contributed by atoms with Crippen LogP contribution in [0.4, 0.5) is 0 Å². The summed E-state index contributed by atoms with van der Waals surface area (Å²) in [7, 11) is 0. The summed E-state index contributed by atoms with van der Waals surface area (Å²) in [5.41, 5.74) is 4.17. The molecule has 2 radical (unpaired) electrons. The van der Waals surface area contributed by atoms with E-state index in [2.05, 4.69) is 91.0 Å². The van der Waals surface area contributed by atoms with Gasteiger partial charge in [-0.2, -0.15) is 0 Å². The fourth-order valence-electron chi connectivity index (χ4n) is 2.60. The zero-order valence-electron chi connectivity index (χ0n) is 11.2. The van der Waals surface area contributed by atoms with Gasteiger partial charge in [0.25, 0.3) is 0 Å². The van der Waals surface area contributed by atoms with Crippen molar-refractivity contribution in [1.82, 2.24) is 0 Å². The molecule has 0 spiro atoms. The molecule has 0 aromatic heterocycles. The first-order chi connectivity index (χ1) is 9.82. The van der Waals surface area contributed by atoms with Crippen LogP contribution < -0.4 is 0 Å². The zero-order valence-corrected chi connectivity index (χ0v) is 15.7. The summed E-state index contributed by atoms with van der Waals surface area (Å²) in [4.78, 5) is 0. The molecule has 0 heterocycles. The van der Waals surface area contributed by atoms with E-state index in [1.165, 1.54) is 16.7 Å². The summed E-state index contributed by atoms with van der Waals surface area (Å²) in [5.74, 6) is 0. The van der Waals surface area contributed by atoms with Crippen LogP contribution in [0.2, 0.25) is 0 Å². The Labute approximate surface area is 136 Å². The minimum absolute atomic E-state index is 0.0454. The van der Waals surface area contributed by atoms with E-state index < -0.39 is 0 Å². The molecular weight excluding hydrogens is 435 g/mol. The molecule has 0 unspecified atom stereocenters. The molecule has 0 aliphatic rings. The van der Waals surface area contributed by atoms with E-state index in [1.807, 2.05) is 0 Å². The predicted octanol–water partition coefficient (Wildman–Crippen LogP) is 3.88. The van der Waals surface area contributed by atoms with Gasteiger partial charge in [0.05, 0.1) is 0 Å². The number of benzene rings is 3. The summed E-state index contributed by atoms with van der Waals surface area (Å²) < 4.78 is 0.0454. The van der Waals surface area contributed by atoms with Gasteiger partial charge in [0, 0.05) is 0 Å². The SMILES string of the molecule is [PbH][C](c1ccccc1)(c1ccccc1)c1ccccc1. The molecule has 0 nitrogen and oxygen atoms in total. The second kappa shape index (κ2) is 5.92. The first-order valence-corrected chi connectivity index (χ1v) is 9.02. The standard InChI is InChI=1S/C19H15.Pb.H/c1-4-10-16(11-5-1)19(17-12-6-2-7-13-17)18-14-8-3-9-15-18;;/h1-15H;;. The van der Waals surface area contributed by atoms with Crippen LogP contribution in [0, 0.1) is 0 Å². The Hall–Kier alpha value is -1.42. The summed E-state index contributed by atoms with van der Waals surface area (Å²) in [6.45, 7) is 0. The molecule has 3 aromatic rings. The molecule has 0 fully saturated rings. The third-order valence-electron chi connectivity index (χ3n) is 3.69. The quantitative estimate of drug-likeness (QED) is 0.419. The first-order valence-electron chi connectivity index (χ1n) is 6.77. The van der Waals surface area contributed by atoms with E-state index in [4.69, 9.17) is 0 Å². The average Bonchev–Trinajstić information content (AvgIpc) is 2.56. The number of hydrogen-bond donors (Lipinski definition) is 0. The van der Waals surface area contributed by atoms with Crippen LogP contribution in [0.25, 0.3) is 0 Å². The molecular formula is C19H16Pb. The summed E-state index contributed by atoms with van der Waals surface area (Å²) in [6.07, 6.45) is 0. The third-order valence-corrected chi connectivity index (χ3v) is 7.57. The van der Waals surface area contributed by atoms with E-state index in [-0.39, 0.29) is 2.97 Å². The predicted molar refractivity (Wildman–Crippen MR) is 86.4 cm³/mol. The maximum absolute atomic E-state index is 2.25. The molecule has 0 amide bonds. The van der Waals surface area contributed by atoms with Crippen molar-refractivity contribution in [1.29, 1.82) is 0 Å². The van der Waals surface area contributed by atoms with Gasteiger partial charge in [-0.1, -0.05) is 0 Å². The van der Waals surface area contributed by atoms with Gasteiger partial charge >= 0.3 is 136 Å². The van der Waals surface area contributed by atoms with Crippen LogP contribution in [0.1, 0.15) is 16.7 Å². The Bertz CT molecular complexity index is 563. The van der Waals surface area contributed by atoms with Crippen molar-refractivity contribution in [2.75, 3.05) is 0 Å². The number of hydrogen-bond acceptors (Lipinski definition) is 0. The van der Waals surface area contributed by atoms with E-state index in [1.54, 1.807) is 0 Å². The Balaban J connectivity index is 2.24. The normalized spacial score (nSPS) is 11.2. The van der Waals surface area contributed by atoms with Crippen LogP contribution in [-0.2, 0) is 2.97 Å². The molecule has 20 heavy (non-hydrogen) atoms. The van der Waals surface area contributed by atoms with Gasteiger partial charge < -0.3 is 0 Å². The Kier molecular flexibility index (Phi) is 4.01. The third kappa shape index (κ3) is 2.44. The zero-order chi connectivity index (χ0) is 13.8. The summed E-state index contributed by atoms with van der Waals surface area (Å²) in [5, 5.41) is 0. The fraction of sp³-hybridized carbons (Fsp3) is 0.0526. The van der Waals surface area contributed by atoms with Crippen molar-refractivity contribution in [3.05, 3.63) is 108 Å². The van der Waals surface area contributed by atoms with Gasteiger partial charge in [0.15, 0.2) is 0 Å². The Morgan fingerprint density at radius 3 is 0.950 bits per heavy atom. The summed E-state index contributed by atoms with van der Waals surface area (Å²) >= 11 is 0.777. The Morgan fingerprint density at radius 1 is 0.450 bits per heavy atom. The maximum atomic E-state index is 2.25. The van der Waals surface area contributed by atoms with Crippen LogP contribution >= 0.6 is 0 Å². The second-order valence-corrected chi connectivity index (χ2v) is 8.27. The van der Waals surface area contributed by atoms with Gasteiger partial charge in [-0.3, -0.25) is 0 Å². The molecule has 0 N–H and O–H groups in total. The van der Waals surface area contributed by atoms with Crippen molar-refractivity contribution < 1.29 is 0 Å². The second-order valence-electron chi connectivity index (χ2n) is 4.91. The van der Waals surface area contributed by atoms with Gasteiger partial charge in [-0.15, -0.1) is 0 Å². The van der Waals surface area contributed by atoms with Crippen molar-refractivity contribution in [3.63, 3.8) is 0 Å². The van der Waals surface area contributed by atoms with Gasteiger partial charge in [0.1, 0.15) is 0 Å². The number of rotatable bonds is 3. The first kappa shape index (κ1) is 13.6. The molecule has 0 saturated heterocycles.